The molecule has 0 radical (unpaired) electrons. The van der Waals surface area contributed by atoms with Crippen molar-refractivity contribution in [2.45, 2.75) is 38.8 Å². The van der Waals surface area contributed by atoms with Gasteiger partial charge in [-0.3, -0.25) is 4.79 Å². The van der Waals surface area contributed by atoms with Crippen LogP contribution >= 0.6 is 0 Å². The molecule has 1 heterocycles. The van der Waals surface area contributed by atoms with Crippen molar-refractivity contribution in [2.75, 3.05) is 25.1 Å². The lowest BCUT2D eigenvalue weighted by Crippen LogP contribution is -2.34. The molecule has 21 heavy (non-hydrogen) atoms. The zero-order valence-corrected chi connectivity index (χ0v) is 12.7. The van der Waals surface area contributed by atoms with E-state index >= 15 is 0 Å². The summed E-state index contributed by atoms with van der Waals surface area (Å²) in [5, 5.41) is 5.92. The van der Waals surface area contributed by atoms with Gasteiger partial charge in [0.05, 0.1) is 12.6 Å². The van der Waals surface area contributed by atoms with Crippen molar-refractivity contribution >= 4 is 11.6 Å². The topological polar surface area (TPSA) is 59.6 Å². The van der Waals surface area contributed by atoms with Crippen molar-refractivity contribution < 1.29 is 14.3 Å². The summed E-state index contributed by atoms with van der Waals surface area (Å²) in [6.07, 6.45) is 2.42. The summed E-state index contributed by atoms with van der Waals surface area (Å²) in [5.41, 5.74) is 0.901. The molecule has 116 valence electrons. The largest absolute Gasteiger partial charge is 0.491 e. The van der Waals surface area contributed by atoms with Crippen LogP contribution in [0.4, 0.5) is 5.69 Å². The van der Waals surface area contributed by atoms with Crippen molar-refractivity contribution in [3.8, 4) is 5.75 Å². The molecule has 1 aliphatic heterocycles. The zero-order chi connectivity index (χ0) is 15.1. The highest BCUT2D eigenvalue weighted by Crippen LogP contribution is 2.18. The van der Waals surface area contributed by atoms with E-state index in [-0.39, 0.29) is 24.6 Å². The molecule has 0 spiro atoms. The highest BCUT2D eigenvalue weighted by Gasteiger charge is 2.15. The van der Waals surface area contributed by atoms with Crippen LogP contribution in [0, 0.1) is 0 Å². The van der Waals surface area contributed by atoms with Crippen LogP contribution in [0.5, 0.6) is 5.75 Å². The van der Waals surface area contributed by atoms with Crippen molar-refractivity contribution in [1.82, 2.24) is 5.32 Å². The number of rotatable bonds is 7. The third-order valence-electron chi connectivity index (χ3n) is 3.22. The van der Waals surface area contributed by atoms with Gasteiger partial charge in [-0.25, -0.2) is 0 Å². The second kappa shape index (κ2) is 7.88. The van der Waals surface area contributed by atoms with E-state index in [1.165, 1.54) is 0 Å². The normalized spacial score (nSPS) is 17.8. The highest BCUT2D eigenvalue weighted by molar-refractivity contribution is 5.80. The van der Waals surface area contributed by atoms with Gasteiger partial charge in [0.1, 0.15) is 12.4 Å². The van der Waals surface area contributed by atoms with Crippen LogP contribution in [0.3, 0.4) is 0 Å². The molecular weight excluding hydrogens is 268 g/mol. The number of hydrogen-bond acceptors (Lipinski definition) is 4. The van der Waals surface area contributed by atoms with E-state index in [0.717, 1.165) is 30.9 Å². The van der Waals surface area contributed by atoms with Gasteiger partial charge in [-0.1, -0.05) is 0 Å². The Balaban J connectivity index is 1.72. The molecule has 2 N–H and O–H groups in total. The molecule has 0 aromatic heterocycles. The Labute approximate surface area is 126 Å². The number of anilines is 1. The highest BCUT2D eigenvalue weighted by atomic mass is 16.5. The average Bonchev–Trinajstić information content (AvgIpc) is 2.96. The molecule has 1 amide bonds. The Morgan fingerprint density at radius 1 is 1.38 bits per heavy atom. The van der Waals surface area contributed by atoms with Crippen molar-refractivity contribution in [2.24, 2.45) is 0 Å². The first-order valence-corrected chi connectivity index (χ1v) is 7.51. The quantitative estimate of drug-likeness (QED) is 0.808. The maximum absolute atomic E-state index is 11.5. The fourth-order valence-electron chi connectivity index (χ4n) is 2.19. The molecule has 5 heteroatoms. The first kappa shape index (κ1) is 15.6. The minimum Gasteiger partial charge on any atom is -0.491 e. The predicted octanol–water partition coefficient (Wildman–Crippen LogP) is 2.18. The summed E-state index contributed by atoms with van der Waals surface area (Å²) in [7, 11) is 0. The van der Waals surface area contributed by atoms with Crippen LogP contribution in [0.1, 0.15) is 26.7 Å². The number of amides is 1. The van der Waals surface area contributed by atoms with Gasteiger partial charge in [0.25, 0.3) is 0 Å². The van der Waals surface area contributed by atoms with Crippen LogP contribution < -0.4 is 15.4 Å². The van der Waals surface area contributed by atoms with E-state index in [1.807, 2.05) is 38.1 Å². The second-order valence-corrected chi connectivity index (χ2v) is 5.55. The molecule has 1 unspecified atom stereocenters. The minimum atomic E-state index is -0.0105. The molecule has 1 aliphatic rings. The van der Waals surface area contributed by atoms with Gasteiger partial charge < -0.3 is 20.1 Å². The summed E-state index contributed by atoms with van der Waals surface area (Å²) in [4.78, 5) is 11.5. The van der Waals surface area contributed by atoms with E-state index in [4.69, 9.17) is 9.47 Å². The smallest absolute Gasteiger partial charge is 0.239 e. The first-order valence-electron chi connectivity index (χ1n) is 7.51. The Bertz CT molecular complexity index is 439. The lowest BCUT2D eigenvalue weighted by molar-refractivity contribution is -0.119. The third kappa shape index (κ3) is 5.63. The molecule has 1 aromatic carbocycles. The average molecular weight is 292 g/mol. The standard InChI is InChI=1S/C16H24N2O3/c1-12(2)18-16(19)10-17-13-5-7-14(8-6-13)21-11-15-4-3-9-20-15/h5-8,12,15,17H,3-4,9-11H2,1-2H3,(H,18,19). The molecular formula is C16H24N2O3. The third-order valence-corrected chi connectivity index (χ3v) is 3.22. The Hall–Kier alpha value is -1.75. The van der Waals surface area contributed by atoms with Gasteiger partial charge in [0, 0.05) is 18.3 Å². The Kier molecular flexibility index (Phi) is 5.87. The lowest BCUT2D eigenvalue weighted by atomic mass is 10.2. The van der Waals surface area contributed by atoms with Crippen molar-refractivity contribution in [3.63, 3.8) is 0 Å². The second-order valence-electron chi connectivity index (χ2n) is 5.55. The fourth-order valence-corrected chi connectivity index (χ4v) is 2.19. The fraction of sp³-hybridized carbons (Fsp3) is 0.562. The van der Waals surface area contributed by atoms with Gasteiger partial charge in [0.15, 0.2) is 0 Å². The Morgan fingerprint density at radius 2 is 2.14 bits per heavy atom. The maximum Gasteiger partial charge on any atom is 0.239 e. The van der Waals surface area contributed by atoms with E-state index < -0.39 is 0 Å². The number of carbonyl (C=O) groups is 1. The molecule has 5 nitrogen and oxygen atoms in total. The van der Waals surface area contributed by atoms with Gasteiger partial charge >= 0.3 is 0 Å². The van der Waals surface area contributed by atoms with Gasteiger partial charge in [-0.15, -0.1) is 0 Å². The van der Waals surface area contributed by atoms with E-state index in [1.54, 1.807) is 0 Å². The SMILES string of the molecule is CC(C)NC(=O)CNc1ccc(OCC2CCCO2)cc1. The molecule has 1 aromatic rings. The molecule has 0 aliphatic carbocycles. The summed E-state index contributed by atoms with van der Waals surface area (Å²) < 4.78 is 11.2. The molecule has 0 bridgehead atoms. The summed E-state index contributed by atoms with van der Waals surface area (Å²) in [6, 6.07) is 7.78. The molecule has 2 rings (SSSR count). The number of nitrogens with one attached hydrogen (secondary N) is 2. The van der Waals surface area contributed by atoms with E-state index in [9.17, 15) is 4.79 Å². The number of ether oxygens (including phenoxy) is 2. The number of carbonyl (C=O) groups excluding carboxylic acids is 1. The van der Waals surface area contributed by atoms with Crippen LogP contribution in [-0.2, 0) is 9.53 Å². The molecule has 1 atom stereocenters. The molecule has 1 saturated heterocycles. The number of benzene rings is 1. The van der Waals surface area contributed by atoms with E-state index in [0.29, 0.717) is 6.61 Å². The van der Waals surface area contributed by atoms with E-state index in [2.05, 4.69) is 10.6 Å². The zero-order valence-electron chi connectivity index (χ0n) is 12.7. The first-order chi connectivity index (χ1) is 10.1. The summed E-state index contributed by atoms with van der Waals surface area (Å²) in [5.74, 6) is 0.811. The minimum absolute atomic E-state index is 0.0105. The van der Waals surface area contributed by atoms with Gasteiger partial charge in [-0.2, -0.15) is 0 Å². The monoisotopic (exact) mass is 292 g/mol. The van der Waals surface area contributed by atoms with Crippen LogP contribution in [-0.4, -0.2) is 37.8 Å². The molecule has 0 saturated carbocycles. The predicted molar refractivity (Wildman–Crippen MR) is 82.7 cm³/mol. The Morgan fingerprint density at radius 3 is 2.76 bits per heavy atom. The van der Waals surface area contributed by atoms with Crippen LogP contribution in [0.15, 0.2) is 24.3 Å². The summed E-state index contributed by atoms with van der Waals surface area (Å²) in [6.45, 7) is 5.60. The van der Waals surface area contributed by atoms with Crippen LogP contribution in [0.25, 0.3) is 0 Å². The molecule has 1 fully saturated rings. The maximum atomic E-state index is 11.5. The summed E-state index contributed by atoms with van der Waals surface area (Å²) >= 11 is 0. The van der Waals surface area contributed by atoms with Crippen molar-refractivity contribution in [3.05, 3.63) is 24.3 Å². The van der Waals surface area contributed by atoms with Gasteiger partial charge in [-0.05, 0) is 51.0 Å². The van der Waals surface area contributed by atoms with Crippen LogP contribution in [0.2, 0.25) is 0 Å². The van der Waals surface area contributed by atoms with Crippen molar-refractivity contribution in [1.29, 1.82) is 0 Å². The number of hydrogen-bond donors (Lipinski definition) is 2. The lowest BCUT2D eigenvalue weighted by Gasteiger charge is -2.12. The van der Waals surface area contributed by atoms with Gasteiger partial charge in [0.2, 0.25) is 5.91 Å².